The average Bonchev–Trinajstić information content (AvgIpc) is 2.73. The number of hydrogen-bond donors (Lipinski definition) is 0. The molecule has 0 aliphatic rings. The molecule has 6 heteroatoms. The standard InChI is InChI=1S/C15H17N3O3/c1-4-14-10(2)16-17(11(14)3)9-15(19)12-5-7-13(8-6-12)18(20)21/h5-8H,4,9H2,1-3H3. The van der Waals surface area contributed by atoms with Crippen molar-refractivity contribution in [1.82, 2.24) is 9.78 Å². The summed E-state index contributed by atoms with van der Waals surface area (Å²) in [7, 11) is 0. The molecule has 21 heavy (non-hydrogen) atoms. The molecule has 0 saturated carbocycles. The van der Waals surface area contributed by atoms with E-state index < -0.39 is 4.92 Å². The van der Waals surface area contributed by atoms with E-state index in [4.69, 9.17) is 0 Å². The number of aromatic nitrogens is 2. The number of nitro benzene ring substituents is 1. The zero-order valence-corrected chi connectivity index (χ0v) is 12.3. The van der Waals surface area contributed by atoms with Gasteiger partial charge >= 0.3 is 0 Å². The van der Waals surface area contributed by atoms with E-state index in [9.17, 15) is 14.9 Å². The summed E-state index contributed by atoms with van der Waals surface area (Å²) in [6.45, 7) is 6.07. The molecule has 0 fully saturated rings. The smallest absolute Gasteiger partial charge is 0.269 e. The van der Waals surface area contributed by atoms with E-state index in [-0.39, 0.29) is 18.0 Å². The van der Waals surface area contributed by atoms with E-state index in [0.717, 1.165) is 23.4 Å². The Bertz CT molecular complexity index is 687. The Hall–Kier alpha value is -2.50. The van der Waals surface area contributed by atoms with E-state index in [1.54, 1.807) is 4.68 Å². The van der Waals surface area contributed by atoms with Gasteiger partial charge in [-0.3, -0.25) is 19.6 Å². The third-order valence-corrected chi connectivity index (χ3v) is 3.58. The number of Topliss-reactive ketones (excluding diaryl/α,β-unsaturated/α-hetero) is 1. The average molecular weight is 287 g/mol. The minimum atomic E-state index is -0.483. The van der Waals surface area contributed by atoms with Gasteiger partial charge in [0.15, 0.2) is 5.78 Å². The van der Waals surface area contributed by atoms with Gasteiger partial charge in [0.1, 0.15) is 6.54 Å². The third kappa shape index (κ3) is 2.99. The summed E-state index contributed by atoms with van der Waals surface area (Å²) < 4.78 is 1.69. The molecule has 0 N–H and O–H groups in total. The van der Waals surface area contributed by atoms with Crippen LogP contribution in [0, 0.1) is 24.0 Å². The number of benzene rings is 1. The van der Waals surface area contributed by atoms with Crippen molar-refractivity contribution in [3.63, 3.8) is 0 Å². The fraction of sp³-hybridized carbons (Fsp3) is 0.333. The van der Waals surface area contributed by atoms with Gasteiger partial charge < -0.3 is 0 Å². The number of hydrogen-bond acceptors (Lipinski definition) is 4. The quantitative estimate of drug-likeness (QED) is 0.481. The largest absolute Gasteiger partial charge is 0.292 e. The molecular weight excluding hydrogens is 270 g/mol. The first-order chi connectivity index (χ1) is 9.93. The van der Waals surface area contributed by atoms with E-state index in [0.29, 0.717) is 5.56 Å². The van der Waals surface area contributed by atoms with Gasteiger partial charge in [-0.15, -0.1) is 0 Å². The topological polar surface area (TPSA) is 78.0 Å². The molecule has 0 unspecified atom stereocenters. The van der Waals surface area contributed by atoms with Crippen LogP contribution in [0.4, 0.5) is 5.69 Å². The lowest BCUT2D eigenvalue weighted by Gasteiger charge is -2.04. The molecule has 0 aliphatic heterocycles. The molecule has 2 rings (SSSR count). The molecule has 0 saturated heterocycles. The van der Waals surface area contributed by atoms with Crippen LogP contribution in [0.15, 0.2) is 24.3 Å². The van der Waals surface area contributed by atoms with E-state index in [1.807, 2.05) is 13.8 Å². The van der Waals surface area contributed by atoms with Crippen molar-refractivity contribution in [1.29, 1.82) is 0 Å². The number of carbonyl (C=O) groups is 1. The molecule has 0 spiro atoms. The highest BCUT2D eigenvalue weighted by Gasteiger charge is 2.14. The van der Waals surface area contributed by atoms with Crippen molar-refractivity contribution in [3.05, 3.63) is 56.9 Å². The van der Waals surface area contributed by atoms with E-state index in [2.05, 4.69) is 12.0 Å². The Labute approximate surface area is 122 Å². The molecular formula is C15H17N3O3. The molecule has 1 heterocycles. The molecule has 110 valence electrons. The van der Waals surface area contributed by atoms with Crippen molar-refractivity contribution < 1.29 is 9.72 Å². The molecule has 0 atom stereocenters. The maximum absolute atomic E-state index is 12.2. The molecule has 2 aromatic rings. The van der Waals surface area contributed by atoms with Gasteiger partial charge in [-0.05, 0) is 38.0 Å². The number of non-ortho nitro benzene ring substituents is 1. The van der Waals surface area contributed by atoms with Crippen molar-refractivity contribution in [2.75, 3.05) is 0 Å². The molecule has 0 aliphatic carbocycles. The normalized spacial score (nSPS) is 10.6. The van der Waals surface area contributed by atoms with Crippen LogP contribution in [0.3, 0.4) is 0 Å². The van der Waals surface area contributed by atoms with Crippen LogP contribution in [-0.4, -0.2) is 20.5 Å². The summed E-state index contributed by atoms with van der Waals surface area (Å²) in [6, 6.07) is 5.64. The lowest BCUT2D eigenvalue weighted by atomic mass is 10.1. The van der Waals surface area contributed by atoms with Crippen LogP contribution >= 0.6 is 0 Å². The number of nitro groups is 1. The summed E-state index contributed by atoms with van der Waals surface area (Å²) >= 11 is 0. The van der Waals surface area contributed by atoms with Crippen molar-refractivity contribution >= 4 is 11.5 Å². The SMILES string of the molecule is CCc1c(C)nn(CC(=O)c2ccc([N+](=O)[O-])cc2)c1C. The van der Waals surface area contributed by atoms with Crippen LogP contribution < -0.4 is 0 Å². The maximum atomic E-state index is 12.2. The Kier molecular flexibility index (Phi) is 4.16. The minimum absolute atomic E-state index is 0.0223. The second-order valence-corrected chi connectivity index (χ2v) is 4.89. The predicted octanol–water partition coefficient (Wildman–Crippen LogP) is 2.85. The van der Waals surface area contributed by atoms with Gasteiger partial charge in [0, 0.05) is 23.4 Å². The maximum Gasteiger partial charge on any atom is 0.269 e. The fourth-order valence-electron chi connectivity index (χ4n) is 2.40. The Balaban J connectivity index is 2.20. The number of nitrogens with zero attached hydrogens (tertiary/aromatic N) is 3. The second kappa shape index (κ2) is 5.87. The third-order valence-electron chi connectivity index (χ3n) is 3.58. The summed E-state index contributed by atoms with van der Waals surface area (Å²) in [5.74, 6) is -0.113. The molecule has 1 aromatic carbocycles. The van der Waals surface area contributed by atoms with Gasteiger partial charge in [0.25, 0.3) is 5.69 Å². The van der Waals surface area contributed by atoms with Gasteiger partial charge in [-0.2, -0.15) is 5.10 Å². The first-order valence-corrected chi connectivity index (χ1v) is 6.74. The summed E-state index contributed by atoms with van der Waals surface area (Å²) in [6.07, 6.45) is 0.878. The minimum Gasteiger partial charge on any atom is -0.292 e. The highest BCUT2D eigenvalue weighted by Crippen LogP contribution is 2.16. The summed E-state index contributed by atoms with van der Waals surface area (Å²) in [5, 5.41) is 15.0. The molecule has 0 radical (unpaired) electrons. The lowest BCUT2D eigenvalue weighted by molar-refractivity contribution is -0.384. The first-order valence-electron chi connectivity index (χ1n) is 6.74. The van der Waals surface area contributed by atoms with Gasteiger partial charge in [0.2, 0.25) is 0 Å². The molecule has 1 aromatic heterocycles. The number of carbonyl (C=O) groups excluding carboxylic acids is 1. The molecule has 6 nitrogen and oxygen atoms in total. The number of aryl methyl sites for hydroxylation is 1. The van der Waals surface area contributed by atoms with E-state index in [1.165, 1.54) is 24.3 Å². The first kappa shape index (κ1) is 14.9. The van der Waals surface area contributed by atoms with Crippen molar-refractivity contribution in [2.24, 2.45) is 0 Å². The molecule has 0 bridgehead atoms. The Morgan fingerprint density at radius 3 is 2.38 bits per heavy atom. The van der Waals surface area contributed by atoms with Gasteiger partial charge in [-0.25, -0.2) is 0 Å². The zero-order valence-electron chi connectivity index (χ0n) is 12.3. The highest BCUT2D eigenvalue weighted by atomic mass is 16.6. The van der Waals surface area contributed by atoms with Crippen LogP contribution in [0.5, 0.6) is 0 Å². The Morgan fingerprint density at radius 2 is 1.90 bits per heavy atom. The van der Waals surface area contributed by atoms with Crippen LogP contribution in [0.1, 0.15) is 34.2 Å². The highest BCUT2D eigenvalue weighted by molar-refractivity contribution is 5.96. The summed E-state index contributed by atoms with van der Waals surface area (Å²) in [4.78, 5) is 22.3. The Morgan fingerprint density at radius 1 is 1.29 bits per heavy atom. The molecule has 0 amide bonds. The second-order valence-electron chi connectivity index (χ2n) is 4.89. The van der Waals surface area contributed by atoms with Crippen LogP contribution in [-0.2, 0) is 13.0 Å². The zero-order chi connectivity index (χ0) is 15.6. The lowest BCUT2D eigenvalue weighted by Crippen LogP contribution is -2.13. The van der Waals surface area contributed by atoms with E-state index >= 15 is 0 Å². The number of ketones is 1. The van der Waals surface area contributed by atoms with Gasteiger partial charge in [-0.1, -0.05) is 6.92 Å². The fourth-order valence-corrected chi connectivity index (χ4v) is 2.40. The van der Waals surface area contributed by atoms with Crippen LogP contribution in [0.2, 0.25) is 0 Å². The summed E-state index contributed by atoms with van der Waals surface area (Å²) in [5.41, 5.74) is 3.51. The predicted molar refractivity (Wildman–Crippen MR) is 78.5 cm³/mol. The number of rotatable bonds is 5. The van der Waals surface area contributed by atoms with Crippen LogP contribution in [0.25, 0.3) is 0 Å². The van der Waals surface area contributed by atoms with Gasteiger partial charge in [0.05, 0.1) is 10.6 Å². The van der Waals surface area contributed by atoms with Crippen molar-refractivity contribution in [3.8, 4) is 0 Å². The van der Waals surface area contributed by atoms with Crippen molar-refractivity contribution in [2.45, 2.75) is 33.7 Å². The monoisotopic (exact) mass is 287 g/mol.